The molecule has 0 amide bonds. The lowest BCUT2D eigenvalue weighted by molar-refractivity contribution is 0.309. The summed E-state index contributed by atoms with van der Waals surface area (Å²) in [5.74, 6) is 1.72. The average Bonchev–Trinajstić information content (AvgIpc) is 2.37. The molecule has 1 heterocycles. The fourth-order valence-electron chi connectivity index (χ4n) is 2.96. The highest BCUT2D eigenvalue weighted by atomic mass is 16.3. The molecule has 2 heteroatoms. The minimum Gasteiger partial charge on any atom is -0.508 e. The normalized spacial score (nSPS) is 22.3. The van der Waals surface area contributed by atoms with Gasteiger partial charge in [0.25, 0.3) is 0 Å². The Morgan fingerprint density at radius 3 is 3.00 bits per heavy atom. The number of nitrogens with one attached hydrogen (secondary N) is 1. The van der Waals surface area contributed by atoms with Crippen LogP contribution in [-0.2, 0) is 0 Å². The molecule has 1 aliphatic heterocycles. The summed E-state index contributed by atoms with van der Waals surface area (Å²) >= 11 is 0. The summed E-state index contributed by atoms with van der Waals surface area (Å²) in [5.41, 5.74) is 1.31. The first-order valence-corrected chi connectivity index (χ1v) is 6.81. The van der Waals surface area contributed by atoms with Crippen molar-refractivity contribution in [3.8, 4) is 5.75 Å². The van der Waals surface area contributed by atoms with Gasteiger partial charge in [-0.15, -0.1) is 0 Å². The first kappa shape index (κ1) is 12.4. The van der Waals surface area contributed by atoms with Crippen molar-refractivity contribution in [3.05, 3.63) is 29.8 Å². The van der Waals surface area contributed by atoms with Crippen LogP contribution in [0, 0.1) is 5.92 Å². The number of hydrogen-bond acceptors (Lipinski definition) is 2. The number of phenolic OH excluding ortho intramolecular Hbond substituents is 1. The van der Waals surface area contributed by atoms with Gasteiger partial charge in [-0.2, -0.15) is 0 Å². The molecule has 1 aliphatic rings. The van der Waals surface area contributed by atoms with Crippen LogP contribution < -0.4 is 5.32 Å². The van der Waals surface area contributed by atoms with Gasteiger partial charge in [-0.05, 0) is 61.9 Å². The van der Waals surface area contributed by atoms with E-state index in [1.807, 2.05) is 12.1 Å². The standard InChI is InChI=1S/C15H23NO/c1-2-5-15(13-7-4-9-16-11-13)12-6-3-8-14(17)10-12/h3,6,8,10,13,15-17H,2,4-5,7,9,11H2,1H3. The molecule has 17 heavy (non-hydrogen) atoms. The molecular formula is C15H23NO. The minimum atomic E-state index is 0.396. The lowest BCUT2D eigenvalue weighted by atomic mass is 9.79. The fourth-order valence-corrected chi connectivity index (χ4v) is 2.96. The number of benzene rings is 1. The maximum absolute atomic E-state index is 9.61. The summed E-state index contributed by atoms with van der Waals surface area (Å²) in [5, 5.41) is 13.1. The Morgan fingerprint density at radius 2 is 2.35 bits per heavy atom. The number of phenols is 1. The molecule has 2 rings (SSSR count). The Bertz CT molecular complexity index is 345. The number of aromatic hydroxyl groups is 1. The van der Waals surface area contributed by atoms with E-state index in [4.69, 9.17) is 0 Å². The van der Waals surface area contributed by atoms with E-state index in [2.05, 4.69) is 18.3 Å². The number of piperidine rings is 1. The van der Waals surface area contributed by atoms with Gasteiger partial charge in [0.15, 0.2) is 0 Å². The van der Waals surface area contributed by atoms with E-state index in [1.165, 1.54) is 31.2 Å². The number of hydrogen-bond donors (Lipinski definition) is 2. The highest BCUT2D eigenvalue weighted by Crippen LogP contribution is 2.34. The molecule has 2 atom stereocenters. The summed E-state index contributed by atoms with van der Waals surface area (Å²) < 4.78 is 0. The van der Waals surface area contributed by atoms with Crippen molar-refractivity contribution < 1.29 is 5.11 Å². The number of rotatable bonds is 4. The maximum Gasteiger partial charge on any atom is 0.115 e. The highest BCUT2D eigenvalue weighted by Gasteiger charge is 2.24. The van der Waals surface area contributed by atoms with E-state index < -0.39 is 0 Å². The molecule has 2 nitrogen and oxygen atoms in total. The van der Waals surface area contributed by atoms with Crippen molar-refractivity contribution >= 4 is 0 Å². The first-order chi connectivity index (χ1) is 8.31. The van der Waals surface area contributed by atoms with Gasteiger partial charge in [0.1, 0.15) is 5.75 Å². The molecule has 1 saturated heterocycles. The Hall–Kier alpha value is -1.02. The van der Waals surface area contributed by atoms with Gasteiger partial charge in [-0.25, -0.2) is 0 Å². The molecule has 0 aliphatic carbocycles. The second-order valence-corrected chi connectivity index (χ2v) is 5.10. The van der Waals surface area contributed by atoms with Crippen LogP contribution >= 0.6 is 0 Å². The van der Waals surface area contributed by atoms with Crippen LogP contribution in [0.2, 0.25) is 0 Å². The minimum absolute atomic E-state index is 0.396. The van der Waals surface area contributed by atoms with Gasteiger partial charge in [0.2, 0.25) is 0 Å². The summed E-state index contributed by atoms with van der Waals surface area (Å²) in [6.07, 6.45) is 5.02. The van der Waals surface area contributed by atoms with E-state index in [-0.39, 0.29) is 0 Å². The van der Waals surface area contributed by atoms with Gasteiger partial charge in [0, 0.05) is 0 Å². The Balaban J connectivity index is 2.15. The molecule has 2 unspecified atom stereocenters. The van der Waals surface area contributed by atoms with Crippen molar-refractivity contribution in [2.75, 3.05) is 13.1 Å². The zero-order valence-electron chi connectivity index (χ0n) is 10.7. The van der Waals surface area contributed by atoms with Crippen molar-refractivity contribution in [1.82, 2.24) is 5.32 Å². The lowest BCUT2D eigenvalue weighted by Gasteiger charge is -2.31. The predicted molar refractivity (Wildman–Crippen MR) is 71.3 cm³/mol. The van der Waals surface area contributed by atoms with E-state index >= 15 is 0 Å². The monoisotopic (exact) mass is 233 g/mol. The van der Waals surface area contributed by atoms with Crippen LogP contribution in [0.3, 0.4) is 0 Å². The largest absolute Gasteiger partial charge is 0.508 e. The van der Waals surface area contributed by atoms with Gasteiger partial charge < -0.3 is 10.4 Å². The van der Waals surface area contributed by atoms with Crippen LogP contribution in [0.4, 0.5) is 0 Å². The third kappa shape index (κ3) is 3.22. The van der Waals surface area contributed by atoms with Gasteiger partial charge in [-0.3, -0.25) is 0 Å². The SMILES string of the molecule is CCCC(c1cccc(O)c1)C1CCCNC1. The van der Waals surface area contributed by atoms with Crippen molar-refractivity contribution in [1.29, 1.82) is 0 Å². The third-order valence-electron chi connectivity index (χ3n) is 3.80. The van der Waals surface area contributed by atoms with E-state index in [0.29, 0.717) is 11.7 Å². The fraction of sp³-hybridized carbons (Fsp3) is 0.600. The molecule has 1 aromatic rings. The lowest BCUT2D eigenvalue weighted by Crippen LogP contribution is -2.33. The van der Waals surface area contributed by atoms with Gasteiger partial charge in [-0.1, -0.05) is 25.5 Å². The Morgan fingerprint density at radius 1 is 1.47 bits per heavy atom. The molecule has 0 bridgehead atoms. The van der Waals surface area contributed by atoms with Crippen LogP contribution in [0.1, 0.15) is 44.1 Å². The molecule has 0 saturated carbocycles. The van der Waals surface area contributed by atoms with Crippen LogP contribution in [-0.4, -0.2) is 18.2 Å². The molecule has 0 aromatic heterocycles. The summed E-state index contributed by atoms with van der Waals surface area (Å²) in [6.45, 7) is 4.53. The van der Waals surface area contributed by atoms with Crippen LogP contribution in [0.15, 0.2) is 24.3 Å². The molecule has 1 fully saturated rings. The molecule has 2 N–H and O–H groups in total. The average molecular weight is 233 g/mol. The van der Waals surface area contributed by atoms with E-state index in [1.54, 1.807) is 6.07 Å². The summed E-state index contributed by atoms with van der Waals surface area (Å²) in [6, 6.07) is 7.82. The zero-order valence-corrected chi connectivity index (χ0v) is 10.7. The quantitative estimate of drug-likeness (QED) is 0.836. The first-order valence-electron chi connectivity index (χ1n) is 6.81. The topological polar surface area (TPSA) is 32.3 Å². The molecule has 0 radical (unpaired) electrons. The van der Waals surface area contributed by atoms with Crippen LogP contribution in [0.25, 0.3) is 0 Å². The van der Waals surface area contributed by atoms with Gasteiger partial charge in [0.05, 0.1) is 0 Å². The Kier molecular flexibility index (Phi) is 4.43. The van der Waals surface area contributed by atoms with Crippen molar-refractivity contribution in [2.45, 2.75) is 38.5 Å². The second kappa shape index (κ2) is 6.06. The maximum atomic E-state index is 9.61. The van der Waals surface area contributed by atoms with Crippen molar-refractivity contribution in [3.63, 3.8) is 0 Å². The molecule has 94 valence electrons. The van der Waals surface area contributed by atoms with E-state index in [9.17, 15) is 5.11 Å². The predicted octanol–water partition coefficient (Wildman–Crippen LogP) is 3.28. The molecular weight excluding hydrogens is 210 g/mol. The van der Waals surface area contributed by atoms with E-state index in [0.717, 1.165) is 19.0 Å². The smallest absolute Gasteiger partial charge is 0.115 e. The Labute approximate surface area is 104 Å². The third-order valence-corrected chi connectivity index (χ3v) is 3.80. The van der Waals surface area contributed by atoms with Crippen molar-refractivity contribution in [2.24, 2.45) is 5.92 Å². The molecule has 0 spiro atoms. The highest BCUT2D eigenvalue weighted by molar-refractivity contribution is 5.30. The summed E-state index contributed by atoms with van der Waals surface area (Å²) in [4.78, 5) is 0. The molecule has 1 aromatic carbocycles. The van der Waals surface area contributed by atoms with Crippen LogP contribution in [0.5, 0.6) is 5.75 Å². The zero-order chi connectivity index (χ0) is 12.1. The van der Waals surface area contributed by atoms with Gasteiger partial charge >= 0.3 is 0 Å². The summed E-state index contributed by atoms with van der Waals surface area (Å²) in [7, 11) is 0. The second-order valence-electron chi connectivity index (χ2n) is 5.10.